The first-order chi connectivity index (χ1) is 8.85. The first kappa shape index (κ1) is 15.9. The molecule has 0 saturated carbocycles. The zero-order chi connectivity index (χ0) is 14.5. The first-order valence-electron chi connectivity index (χ1n) is 6.08. The van der Waals surface area contributed by atoms with E-state index in [0.717, 1.165) is 16.9 Å². The van der Waals surface area contributed by atoms with Crippen LogP contribution in [-0.2, 0) is 22.9 Å². The predicted octanol–water partition coefficient (Wildman–Crippen LogP) is 0.630. The van der Waals surface area contributed by atoms with E-state index < -0.39 is 9.84 Å². The highest BCUT2D eigenvalue weighted by Crippen LogP contribution is 2.19. The van der Waals surface area contributed by atoms with Gasteiger partial charge in [-0.1, -0.05) is 6.07 Å². The Hall–Kier alpha value is -1.11. The van der Waals surface area contributed by atoms with Gasteiger partial charge in [0.2, 0.25) is 0 Å². The van der Waals surface area contributed by atoms with E-state index in [2.05, 4.69) is 0 Å². The van der Waals surface area contributed by atoms with Crippen LogP contribution in [0.4, 0.5) is 0 Å². The standard InChI is InChI=1S/C13H22N2O3S/c1-15(6-7-19(3,16)17)10-11-4-5-13(18-2)12(8-11)9-14/h4-5,8H,6-7,9-10,14H2,1-3H3. The molecule has 0 fully saturated rings. The number of nitrogens with two attached hydrogens (primary N) is 1. The number of methoxy groups -OCH3 is 1. The molecular formula is C13H22N2O3S. The third-order valence-corrected chi connectivity index (χ3v) is 3.79. The van der Waals surface area contributed by atoms with Gasteiger partial charge in [0, 0.05) is 31.5 Å². The van der Waals surface area contributed by atoms with Crippen molar-refractivity contribution in [3.63, 3.8) is 0 Å². The quantitative estimate of drug-likeness (QED) is 0.796. The summed E-state index contributed by atoms with van der Waals surface area (Å²) in [7, 11) is 0.601. The fraction of sp³-hybridized carbons (Fsp3) is 0.538. The summed E-state index contributed by atoms with van der Waals surface area (Å²) < 4.78 is 27.4. The van der Waals surface area contributed by atoms with E-state index in [0.29, 0.717) is 19.6 Å². The normalized spacial score (nSPS) is 11.8. The van der Waals surface area contributed by atoms with E-state index in [1.165, 1.54) is 6.26 Å². The van der Waals surface area contributed by atoms with E-state index >= 15 is 0 Å². The monoisotopic (exact) mass is 286 g/mol. The van der Waals surface area contributed by atoms with Gasteiger partial charge < -0.3 is 15.4 Å². The minimum absolute atomic E-state index is 0.170. The molecule has 0 bridgehead atoms. The fourth-order valence-electron chi connectivity index (χ4n) is 1.80. The Bertz CT molecular complexity index is 515. The minimum atomic E-state index is -2.92. The van der Waals surface area contributed by atoms with Gasteiger partial charge in [0.05, 0.1) is 12.9 Å². The van der Waals surface area contributed by atoms with Gasteiger partial charge in [-0.3, -0.25) is 0 Å². The van der Waals surface area contributed by atoms with Crippen LogP contribution in [0.25, 0.3) is 0 Å². The number of hydrogen-bond acceptors (Lipinski definition) is 5. The molecule has 1 aromatic carbocycles. The maximum Gasteiger partial charge on any atom is 0.148 e. The molecule has 5 nitrogen and oxygen atoms in total. The van der Waals surface area contributed by atoms with Crippen molar-refractivity contribution in [2.45, 2.75) is 13.1 Å². The minimum Gasteiger partial charge on any atom is -0.496 e. The molecule has 0 aliphatic rings. The Labute approximate surface area is 115 Å². The molecule has 0 heterocycles. The highest BCUT2D eigenvalue weighted by Gasteiger charge is 2.08. The van der Waals surface area contributed by atoms with Crippen LogP contribution in [-0.4, -0.2) is 46.0 Å². The molecule has 0 aliphatic carbocycles. The molecule has 1 aromatic rings. The van der Waals surface area contributed by atoms with Gasteiger partial charge in [-0.25, -0.2) is 8.42 Å². The summed E-state index contributed by atoms with van der Waals surface area (Å²) in [6.45, 7) is 1.62. The lowest BCUT2D eigenvalue weighted by molar-refractivity contribution is 0.345. The Morgan fingerprint density at radius 1 is 1.37 bits per heavy atom. The zero-order valence-corrected chi connectivity index (χ0v) is 12.5. The van der Waals surface area contributed by atoms with Gasteiger partial charge in [0.15, 0.2) is 0 Å². The topological polar surface area (TPSA) is 72.6 Å². The van der Waals surface area contributed by atoms with Gasteiger partial charge in [0.1, 0.15) is 15.6 Å². The maximum atomic E-state index is 11.1. The van der Waals surface area contributed by atoms with Crippen molar-refractivity contribution in [1.82, 2.24) is 4.90 Å². The molecule has 0 aliphatic heterocycles. The number of hydrogen-bond donors (Lipinski definition) is 1. The smallest absolute Gasteiger partial charge is 0.148 e. The highest BCUT2D eigenvalue weighted by molar-refractivity contribution is 7.90. The largest absolute Gasteiger partial charge is 0.496 e. The van der Waals surface area contributed by atoms with E-state index in [1.807, 2.05) is 30.1 Å². The molecular weight excluding hydrogens is 264 g/mol. The first-order valence-corrected chi connectivity index (χ1v) is 8.14. The van der Waals surface area contributed by atoms with Gasteiger partial charge in [-0.05, 0) is 24.7 Å². The van der Waals surface area contributed by atoms with E-state index in [1.54, 1.807) is 7.11 Å². The molecule has 0 spiro atoms. The van der Waals surface area contributed by atoms with Crippen molar-refractivity contribution < 1.29 is 13.2 Å². The lowest BCUT2D eigenvalue weighted by atomic mass is 10.1. The van der Waals surface area contributed by atoms with Crippen LogP contribution in [0.3, 0.4) is 0 Å². The van der Waals surface area contributed by atoms with Crippen LogP contribution in [0.5, 0.6) is 5.75 Å². The average Bonchev–Trinajstić information content (AvgIpc) is 2.35. The second kappa shape index (κ2) is 6.88. The lowest BCUT2D eigenvalue weighted by Crippen LogP contribution is -2.25. The van der Waals surface area contributed by atoms with Crippen molar-refractivity contribution in [2.24, 2.45) is 5.73 Å². The SMILES string of the molecule is COc1ccc(CN(C)CCS(C)(=O)=O)cc1CN. The number of ether oxygens (including phenoxy) is 1. The van der Waals surface area contributed by atoms with E-state index in [9.17, 15) is 8.42 Å². The summed E-state index contributed by atoms with van der Waals surface area (Å²) in [5.41, 5.74) is 7.72. The summed E-state index contributed by atoms with van der Waals surface area (Å²) in [4.78, 5) is 1.98. The van der Waals surface area contributed by atoms with Crippen molar-refractivity contribution in [1.29, 1.82) is 0 Å². The van der Waals surface area contributed by atoms with Crippen LogP contribution >= 0.6 is 0 Å². The summed E-state index contributed by atoms with van der Waals surface area (Å²) in [6, 6.07) is 5.85. The molecule has 0 aromatic heterocycles. The molecule has 2 N–H and O–H groups in total. The molecule has 0 amide bonds. The number of sulfone groups is 1. The molecule has 6 heteroatoms. The average molecular weight is 286 g/mol. The Morgan fingerprint density at radius 3 is 2.58 bits per heavy atom. The van der Waals surface area contributed by atoms with Crippen LogP contribution in [0, 0.1) is 0 Å². The Kier molecular flexibility index (Phi) is 5.78. The highest BCUT2D eigenvalue weighted by atomic mass is 32.2. The molecule has 0 unspecified atom stereocenters. The summed E-state index contributed by atoms with van der Waals surface area (Å²) in [6.07, 6.45) is 1.25. The van der Waals surface area contributed by atoms with Crippen molar-refractivity contribution in [2.75, 3.05) is 32.7 Å². The second-order valence-electron chi connectivity index (χ2n) is 4.72. The third kappa shape index (κ3) is 5.59. The lowest BCUT2D eigenvalue weighted by Gasteiger charge is -2.17. The van der Waals surface area contributed by atoms with Crippen LogP contribution in [0.1, 0.15) is 11.1 Å². The van der Waals surface area contributed by atoms with Gasteiger partial charge in [-0.2, -0.15) is 0 Å². The predicted molar refractivity (Wildman–Crippen MR) is 76.9 cm³/mol. The zero-order valence-electron chi connectivity index (χ0n) is 11.7. The number of nitrogens with zero attached hydrogens (tertiary/aromatic N) is 1. The molecule has 0 saturated heterocycles. The maximum absolute atomic E-state index is 11.1. The third-order valence-electron chi connectivity index (χ3n) is 2.86. The van der Waals surface area contributed by atoms with Crippen molar-refractivity contribution >= 4 is 9.84 Å². The number of rotatable bonds is 7. The van der Waals surface area contributed by atoms with Crippen molar-refractivity contribution in [3.8, 4) is 5.75 Å². The summed E-state index contributed by atoms with van der Waals surface area (Å²) in [5, 5.41) is 0. The molecule has 108 valence electrons. The van der Waals surface area contributed by atoms with Crippen LogP contribution in [0.15, 0.2) is 18.2 Å². The van der Waals surface area contributed by atoms with Gasteiger partial charge in [0.25, 0.3) is 0 Å². The molecule has 1 rings (SSSR count). The van der Waals surface area contributed by atoms with Crippen LogP contribution < -0.4 is 10.5 Å². The Morgan fingerprint density at radius 2 is 2.05 bits per heavy atom. The summed E-state index contributed by atoms with van der Waals surface area (Å²) in [5.74, 6) is 0.952. The molecule has 0 atom stereocenters. The Balaban J connectivity index is 2.66. The molecule has 0 radical (unpaired) electrons. The van der Waals surface area contributed by atoms with E-state index in [-0.39, 0.29) is 5.75 Å². The van der Waals surface area contributed by atoms with Gasteiger partial charge in [-0.15, -0.1) is 0 Å². The van der Waals surface area contributed by atoms with E-state index in [4.69, 9.17) is 10.5 Å². The molecule has 19 heavy (non-hydrogen) atoms. The summed E-state index contributed by atoms with van der Waals surface area (Å²) >= 11 is 0. The van der Waals surface area contributed by atoms with Gasteiger partial charge >= 0.3 is 0 Å². The van der Waals surface area contributed by atoms with Crippen molar-refractivity contribution in [3.05, 3.63) is 29.3 Å². The second-order valence-corrected chi connectivity index (χ2v) is 6.98. The van der Waals surface area contributed by atoms with Crippen LogP contribution in [0.2, 0.25) is 0 Å². The fourth-order valence-corrected chi connectivity index (χ4v) is 2.45. The number of benzene rings is 1.